The van der Waals surface area contributed by atoms with Crippen LogP contribution in [0.4, 0.5) is 0 Å². The third-order valence-electron chi connectivity index (χ3n) is 2.60. The highest BCUT2D eigenvalue weighted by Crippen LogP contribution is 2.31. The summed E-state index contributed by atoms with van der Waals surface area (Å²) in [6, 6.07) is 6.33. The summed E-state index contributed by atoms with van der Waals surface area (Å²) in [5.74, 6) is -1.06. The van der Waals surface area contributed by atoms with Gasteiger partial charge in [-0.05, 0) is 6.07 Å². The number of carbonyl (C=O) groups is 1. The molecule has 6 heteroatoms. The lowest BCUT2D eigenvalue weighted by atomic mass is 10.1. The molecule has 1 aromatic carbocycles. The number of rotatable bonds is 3. The highest BCUT2D eigenvalue weighted by atomic mass is 35.5. The molecule has 1 atom stereocenters. The van der Waals surface area contributed by atoms with E-state index in [4.69, 9.17) is 34.2 Å². The number of para-hydroxylation sites is 1. The van der Waals surface area contributed by atoms with Gasteiger partial charge < -0.3 is 10.8 Å². The van der Waals surface area contributed by atoms with E-state index in [1.807, 2.05) is 24.3 Å². The second-order valence-corrected chi connectivity index (χ2v) is 4.41. The van der Waals surface area contributed by atoms with Gasteiger partial charge in [0.1, 0.15) is 11.2 Å². The molecular formula is C11H10Cl2N2O2. The Labute approximate surface area is 108 Å². The van der Waals surface area contributed by atoms with Gasteiger partial charge in [-0.1, -0.05) is 29.8 Å². The summed E-state index contributed by atoms with van der Waals surface area (Å²) in [5.41, 5.74) is 6.91. The van der Waals surface area contributed by atoms with Crippen molar-refractivity contribution in [2.45, 2.75) is 12.5 Å². The lowest BCUT2D eigenvalue weighted by Gasteiger charge is -2.05. The summed E-state index contributed by atoms with van der Waals surface area (Å²) < 4.78 is 1.31. The van der Waals surface area contributed by atoms with E-state index in [9.17, 15) is 4.79 Å². The fraction of sp³-hybridized carbons (Fsp3) is 0.182. The summed E-state index contributed by atoms with van der Waals surface area (Å²) in [6.07, 6.45) is 0.147. The Balaban J connectivity index is 2.53. The van der Waals surface area contributed by atoms with Crippen LogP contribution in [-0.2, 0) is 11.2 Å². The molecule has 90 valence electrons. The Morgan fingerprint density at radius 2 is 2.12 bits per heavy atom. The Bertz CT molecular complexity index is 580. The minimum absolute atomic E-state index is 0.147. The third-order valence-corrected chi connectivity index (χ3v) is 3.44. The minimum atomic E-state index is -1.06. The molecule has 0 fully saturated rings. The highest BCUT2D eigenvalue weighted by molar-refractivity contribution is 6.36. The van der Waals surface area contributed by atoms with Crippen molar-refractivity contribution in [1.29, 1.82) is 0 Å². The summed E-state index contributed by atoms with van der Waals surface area (Å²) >= 11 is 12.1. The van der Waals surface area contributed by atoms with Crippen molar-refractivity contribution in [3.05, 3.63) is 35.0 Å². The zero-order chi connectivity index (χ0) is 12.6. The number of nitrogens with zero attached hydrogens (tertiary/aromatic N) is 1. The van der Waals surface area contributed by atoms with Crippen LogP contribution >= 0.6 is 23.4 Å². The zero-order valence-corrected chi connectivity index (χ0v) is 10.2. The molecule has 0 amide bonds. The highest BCUT2D eigenvalue weighted by Gasteiger charge is 2.20. The van der Waals surface area contributed by atoms with E-state index < -0.39 is 12.0 Å². The average Bonchev–Trinajstić information content (AvgIpc) is 2.55. The number of carboxylic acids is 1. The molecule has 0 bridgehead atoms. The van der Waals surface area contributed by atoms with Crippen LogP contribution in [-0.4, -0.2) is 21.2 Å². The van der Waals surface area contributed by atoms with E-state index in [0.29, 0.717) is 10.7 Å². The van der Waals surface area contributed by atoms with Gasteiger partial charge in [0, 0.05) is 29.1 Å². The van der Waals surface area contributed by atoms with Crippen molar-refractivity contribution in [2.24, 2.45) is 5.73 Å². The largest absolute Gasteiger partial charge is 0.480 e. The van der Waals surface area contributed by atoms with Gasteiger partial charge in [0.25, 0.3) is 0 Å². The number of carboxylic acid groups (broad SMARTS) is 1. The smallest absolute Gasteiger partial charge is 0.320 e. The first-order valence-corrected chi connectivity index (χ1v) is 5.66. The second kappa shape index (κ2) is 4.56. The topological polar surface area (TPSA) is 68.2 Å². The monoisotopic (exact) mass is 272 g/mol. The molecule has 1 aromatic heterocycles. The predicted octanol–water partition coefficient (Wildman–Crippen LogP) is 2.25. The van der Waals surface area contributed by atoms with Gasteiger partial charge in [-0.15, -0.1) is 0 Å². The van der Waals surface area contributed by atoms with Crippen molar-refractivity contribution in [2.75, 3.05) is 0 Å². The first-order valence-electron chi connectivity index (χ1n) is 4.94. The van der Waals surface area contributed by atoms with E-state index in [0.717, 1.165) is 10.9 Å². The minimum Gasteiger partial charge on any atom is -0.480 e. The van der Waals surface area contributed by atoms with Crippen LogP contribution in [0.25, 0.3) is 10.9 Å². The van der Waals surface area contributed by atoms with Crippen LogP contribution in [0, 0.1) is 0 Å². The maximum atomic E-state index is 10.7. The Kier molecular flexibility index (Phi) is 3.28. The van der Waals surface area contributed by atoms with Crippen molar-refractivity contribution in [1.82, 2.24) is 4.09 Å². The van der Waals surface area contributed by atoms with Crippen LogP contribution < -0.4 is 5.73 Å². The molecule has 2 aromatic rings. The number of aliphatic carboxylic acids is 1. The molecule has 1 heterocycles. The molecule has 0 aliphatic rings. The van der Waals surface area contributed by atoms with Gasteiger partial charge in [0.05, 0.1) is 5.52 Å². The molecule has 17 heavy (non-hydrogen) atoms. The molecule has 4 nitrogen and oxygen atoms in total. The summed E-state index contributed by atoms with van der Waals surface area (Å²) in [6.45, 7) is 0. The quantitative estimate of drug-likeness (QED) is 0.901. The normalized spacial score (nSPS) is 12.9. The van der Waals surface area contributed by atoms with Gasteiger partial charge >= 0.3 is 5.97 Å². The molecule has 0 saturated heterocycles. The Morgan fingerprint density at radius 1 is 1.47 bits per heavy atom. The van der Waals surface area contributed by atoms with Crippen LogP contribution in [0.15, 0.2) is 24.3 Å². The van der Waals surface area contributed by atoms with Gasteiger partial charge in [-0.25, -0.2) is 4.09 Å². The van der Waals surface area contributed by atoms with E-state index in [1.165, 1.54) is 4.09 Å². The summed E-state index contributed by atoms with van der Waals surface area (Å²) in [7, 11) is 0. The van der Waals surface area contributed by atoms with Gasteiger partial charge in [-0.2, -0.15) is 0 Å². The summed E-state index contributed by atoms with van der Waals surface area (Å²) in [5, 5.41) is 9.94. The molecule has 0 aliphatic heterocycles. The average molecular weight is 273 g/mol. The maximum absolute atomic E-state index is 10.7. The van der Waals surface area contributed by atoms with Crippen molar-refractivity contribution < 1.29 is 9.90 Å². The fourth-order valence-corrected chi connectivity index (χ4v) is 2.26. The molecule has 3 N–H and O–H groups in total. The van der Waals surface area contributed by atoms with Gasteiger partial charge in [-0.3, -0.25) is 4.79 Å². The van der Waals surface area contributed by atoms with Crippen molar-refractivity contribution >= 4 is 40.2 Å². The Hall–Kier alpha value is -1.23. The SMILES string of the molecule is NC(Cc1c(Cl)n(Cl)c2ccccc12)C(=O)O. The van der Waals surface area contributed by atoms with E-state index >= 15 is 0 Å². The van der Waals surface area contributed by atoms with Crippen molar-refractivity contribution in [3.63, 3.8) is 0 Å². The summed E-state index contributed by atoms with van der Waals surface area (Å²) in [4.78, 5) is 10.7. The van der Waals surface area contributed by atoms with Crippen LogP contribution in [0.2, 0.25) is 5.15 Å². The first-order chi connectivity index (χ1) is 8.02. The molecule has 2 rings (SSSR count). The maximum Gasteiger partial charge on any atom is 0.320 e. The van der Waals surface area contributed by atoms with Gasteiger partial charge in [0.15, 0.2) is 0 Å². The van der Waals surface area contributed by atoms with Gasteiger partial charge in [0.2, 0.25) is 0 Å². The van der Waals surface area contributed by atoms with Crippen LogP contribution in [0.3, 0.4) is 0 Å². The number of aromatic nitrogens is 1. The number of fused-ring (bicyclic) bond motifs is 1. The fourth-order valence-electron chi connectivity index (χ4n) is 1.74. The van der Waals surface area contributed by atoms with Crippen molar-refractivity contribution in [3.8, 4) is 0 Å². The number of hydrogen-bond donors (Lipinski definition) is 2. The number of halogens is 2. The number of hydrogen-bond acceptors (Lipinski definition) is 2. The predicted molar refractivity (Wildman–Crippen MR) is 67.5 cm³/mol. The van der Waals surface area contributed by atoms with E-state index in [1.54, 1.807) is 0 Å². The second-order valence-electron chi connectivity index (χ2n) is 3.72. The lowest BCUT2D eigenvalue weighted by Crippen LogP contribution is -2.32. The first kappa shape index (κ1) is 12.2. The van der Waals surface area contributed by atoms with Crippen LogP contribution in [0.5, 0.6) is 0 Å². The van der Waals surface area contributed by atoms with Crippen LogP contribution in [0.1, 0.15) is 5.56 Å². The lowest BCUT2D eigenvalue weighted by molar-refractivity contribution is -0.138. The third kappa shape index (κ3) is 2.11. The molecule has 0 aliphatic carbocycles. The molecular weight excluding hydrogens is 263 g/mol. The molecule has 0 spiro atoms. The molecule has 1 unspecified atom stereocenters. The molecule has 0 radical (unpaired) electrons. The van der Waals surface area contributed by atoms with E-state index in [-0.39, 0.29) is 6.42 Å². The zero-order valence-electron chi connectivity index (χ0n) is 8.73. The number of nitrogens with two attached hydrogens (primary N) is 1. The Morgan fingerprint density at radius 3 is 2.76 bits per heavy atom. The van der Waals surface area contributed by atoms with E-state index in [2.05, 4.69) is 0 Å². The number of benzene rings is 1. The standard InChI is InChI=1S/C11H10Cl2N2O2/c12-10-7(5-8(14)11(16)17)6-3-1-2-4-9(6)15(10)13/h1-4,8H,5,14H2,(H,16,17). The molecule has 0 saturated carbocycles.